The Kier molecular flexibility index (Phi) is 10.9. The fourth-order valence-electron chi connectivity index (χ4n) is 3.96. The Bertz CT molecular complexity index is 1620. The summed E-state index contributed by atoms with van der Waals surface area (Å²) in [5.74, 6) is -2.21. The standard InChI is InChI=1S/C17H12ClFN2O4.C12H18N4O2/c1-24-10-7-11(25-2)14(19)12(13(10)18)8-3-4-9(17(22)23)16-15(8)20-5-6-21-16;1-15(2)11(17)8-16(3)7-9-4-5-10(12(13)18)14-6-9/h3-7H,1-2H3,(H,22,23);4-6H,7-8H2,1-3H3,(H2,13,18). The lowest BCUT2D eigenvalue weighted by Gasteiger charge is -2.18. The van der Waals surface area contributed by atoms with E-state index >= 15 is 0 Å². The zero-order chi connectivity index (χ0) is 31.8. The molecule has 0 saturated heterocycles. The molecule has 2 heterocycles. The van der Waals surface area contributed by atoms with Gasteiger partial charge in [-0.3, -0.25) is 29.4 Å². The van der Waals surface area contributed by atoms with Crippen LogP contribution in [-0.2, 0) is 11.3 Å². The molecule has 2 aromatic heterocycles. The molecule has 4 aromatic rings. The molecule has 12 nitrogen and oxygen atoms in total. The number of aromatic carboxylic acids is 1. The van der Waals surface area contributed by atoms with Gasteiger partial charge in [0.25, 0.3) is 5.91 Å². The minimum atomic E-state index is -1.16. The number of primary amides is 1. The van der Waals surface area contributed by atoms with E-state index in [9.17, 15) is 23.9 Å². The highest BCUT2D eigenvalue weighted by Crippen LogP contribution is 2.43. The maximum atomic E-state index is 14.9. The molecule has 2 aromatic carbocycles. The highest BCUT2D eigenvalue weighted by atomic mass is 35.5. The van der Waals surface area contributed by atoms with Crippen molar-refractivity contribution in [2.24, 2.45) is 5.73 Å². The lowest BCUT2D eigenvalue weighted by atomic mass is 9.99. The second kappa shape index (κ2) is 14.3. The van der Waals surface area contributed by atoms with Crippen LogP contribution >= 0.6 is 11.6 Å². The van der Waals surface area contributed by atoms with E-state index < -0.39 is 17.7 Å². The first-order valence-corrected chi connectivity index (χ1v) is 13.0. The summed E-state index contributed by atoms with van der Waals surface area (Å²) in [5, 5.41) is 9.33. The van der Waals surface area contributed by atoms with Crippen LogP contribution in [0.5, 0.6) is 11.5 Å². The SMILES string of the molecule is CN(CC(=O)N(C)C)Cc1ccc(C(N)=O)nc1.COc1cc(OC)c(Cl)c(-c2ccc(C(=O)O)c3nccnc23)c1F. The summed E-state index contributed by atoms with van der Waals surface area (Å²) in [6.45, 7) is 0.927. The quantitative estimate of drug-likeness (QED) is 0.286. The molecular weight excluding hydrogens is 583 g/mol. The maximum absolute atomic E-state index is 14.9. The smallest absolute Gasteiger partial charge is 0.337 e. The fraction of sp³-hybridized carbons (Fsp3) is 0.241. The van der Waals surface area contributed by atoms with Crippen LogP contribution in [0.15, 0.2) is 48.9 Å². The molecule has 0 fully saturated rings. The van der Waals surface area contributed by atoms with Gasteiger partial charge < -0.3 is 25.2 Å². The molecule has 0 aliphatic carbocycles. The number of fused-ring (bicyclic) bond motifs is 1. The molecular formula is C29H30ClFN6O6. The molecule has 0 aliphatic heterocycles. The molecule has 0 spiro atoms. The number of carbonyl (C=O) groups excluding carboxylic acids is 2. The first kappa shape index (κ1) is 32.6. The van der Waals surface area contributed by atoms with Crippen molar-refractivity contribution in [3.05, 3.63) is 76.6 Å². The summed E-state index contributed by atoms with van der Waals surface area (Å²) < 4.78 is 25.1. The molecule has 14 heteroatoms. The number of carboxylic acids is 1. The van der Waals surface area contributed by atoms with Gasteiger partial charge in [-0.15, -0.1) is 0 Å². The Hall–Kier alpha value is -4.88. The monoisotopic (exact) mass is 612 g/mol. The van der Waals surface area contributed by atoms with Crippen molar-refractivity contribution >= 4 is 40.4 Å². The van der Waals surface area contributed by atoms with Gasteiger partial charge in [-0.05, 0) is 24.7 Å². The van der Waals surface area contributed by atoms with Crippen molar-refractivity contribution in [3.63, 3.8) is 0 Å². The highest BCUT2D eigenvalue weighted by molar-refractivity contribution is 6.35. The molecule has 226 valence electrons. The average Bonchev–Trinajstić information content (AvgIpc) is 2.97. The molecule has 2 amide bonds. The number of pyridine rings is 1. The second-order valence-corrected chi connectivity index (χ2v) is 9.76. The van der Waals surface area contributed by atoms with E-state index in [-0.39, 0.29) is 55.8 Å². The summed E-state index contributed by atoms with van der Waals surface area (Å²) in [6.07, 6.45) is 4.35. The fourth-order valence-corrected chi connectivity index (χ4v) is 4.27. The Morgan fingerprint density at radius 3 is 2.16 bits per heavy atom. The number of halogens is 2. The number of carbonyl (C=O) groups is 3. The third-order valence-corrected chi connectivity index (χ3v) is 6.51. The number of likely N-dealkylation sites (N-methyl/N-ethyl adjacent to an activating group) is 2. The molecule has 0 saturated carbocycles. The van der Waals surface area contributed by atoms with E-state index in [2.05, 4.69) is 15.0 Å². The Morgan fingerprint density at radius 1 is 0.977 bits per heavy atom. The van der Waals surface area contributed by atoms with Crippen LogP contribution in [0.1, 0.15) is 26.4 Å². The van der Waals surface area contributed by atoms with Gasteiger partial charge in [0.05, 0.1) is 36.9 Å². The van der Waals surface area contributed by atoms with Crippen LogP contribution in [0.2, 0.25) is 5.02 Å². The van der Waals surface area contributed by atoms with Crippen LogP contribution in [-0.4, -0.2) is 89.5 Å². The Labute approximate surface area is 251 Å². The van der Waals surface area contributed by atoms with Crippen molar-refractivity contribution in [3.8, 4) is 22.6 Å². The molecule has 0 aliphatic rings. The van der Waals surface area contributed by atoms with Gasteiger partial charge in [0, 0.05) is 56.4 Å². The van der Waals surface area contributed by atoms with Gasteiger partial charge in [-0.2, -0.15) is 0 Å². The van der Waals surface area contributed by atoms with Crippen LogP contribution in [0, 0.1) is 5.82 Å². The average molecular weight is 613 g/mol. The number of ether oxygens (including phenoxy) is 2. The number of nitrogens with zero attached hydrogens (tertiary/aromatic N) is 5. The molecule has 3 N–H and O–H groups in total. The number of nitrogens with two attached hydrogens (primary N) is 1. The lowest BCUT2D eigenvalue weighted by molar-refractivity contribution is -0.129. The number of methoxy groups -OCH3 is 2. The minimum Gasteiger partial charge on any atom is -0.495 e. The maximum Gasteiger partial charge on any atom is 0.337 e. The van der Waals surface area contributed by atoms with Gasteiger partial charge in [-0.25, -0.2) is 9.18 Å². The summed E-state index contributed by atoms with van der Waals surface area (Å²) in [4.78, 5) is 49.3. The summed E-state index contributed by atoms with van der Waals surface area (Å²) >= 11 is 6.30. The van der Waals surface area contributed by atoms with Crippen molar-refractivity contribution in [2.75, 3.05) is 41.9 Å². The van der Waals surface area contributed by atoms with Crippen LogP contribution in [0.25, 0.3) is 22.2 Å². The second-order valence-electron chi connectivity index (χ2n) is 9.38. The van der Waals surface area contributed by atoms with E-state index in [4.69, 9.17) is 26.8 Å². The summed E-state index contributed by atoms with van der Waals surface area (Å²) in [5.41, 5.74) is 6.85. The van der Waals surface area contributed by atoms with Crippen molar-refractivity contribution in [1.82, 2.24) is 24.8 Å². The molecule has 4 rings (SSSR count). The van der Waals surface area contributed by atoms with Gasteiger partial charge in [0.2, 0.25) is 5.91 Å². The zero-order valence-electron chi connectivity index (χ0n) is 24.1. The molecule has 0 unspecified atom stereocenters. The Morgan fingerprint density at radius 2 is 1.63 bits per heavy atom. The minimum absolute atomic E-state index is 0.000283. The van der Waals surface area contributed by atoms with Gasteiger partial charge in [0.15, 0.2) is 11.6 Å². The number of hydrogen-bond acceptors (Lipinski definition) is 9. The number of hydrogen-bond donors (Lipinski definition) is 2. The van der Waals surface area contributed by atoms with Crippen LogP contribution < -0.4 is 15.2 Å². The van der Waals surface area contributed by atoms with E-state index in [0.717, 1.165) is 5.56 Å². The van der Waals surface area contributed by atoms with Gasteiger partial charge >= 0.3 is 5.97 Å². The third-order valence-electron chi connectivity index (χ3n) is 6.13. The van der Waals surface area contributed by atoms with Gasteiger partial charge in [-0.1, -0.05) is 23.7 Å². The predicted octanol–water partition coefficient (Wildman–Crippen LogP) is 3.51. The van der Waals surface area contributed by atoms with Gasteiger partial charge in [0.1, 0.15) is 17.0 Å². The number of carboxylic acid groups (broad SMARTS) is 1. The number of rotatable bonds is 9. The normalized spacial score (nSPS) is 10.6. The first-order chi connectivity index (χ1) is 20.4. The first-order valence-electron chi connectivity index (χ1n) is 12.6. The molecule has 43 heavy (non-hydrogen) atoms. The largest absolute Gasteiger partial charge is 0.495 e. The molecule has 0 atom stereocenters. The van der Waals surface area contributed by atoms with E-state index in [0.29, 0.717) is 13.1 Å². The zero-order valence-corrected chi connectivity index (χ0v) is 24.8. The van der Waals surface area contributed by atoms with E-state index in [1.165, 1.54) is 44.8 Å². The predicted molar refractivity (Wildman–Crippen MR) is 158 cm³/mol. The number of benzene rings is 2. The lowest BCUT2D eigenvalue weighted by Crippen LogP contribution is -2.34. The molecule has 0 radical (unpaired) electrons. The van der Waals surface area contributed by atoms with Crippen molar-refractivity contribution in [2.45, 2.75) is 6.54 Å². The number of aromatic nitrogens is 3. The van der Waals surface area contributed by atoms with Crippen LogP contribution in [0.3, 0.4) is 0 Å². The topological polar surface area (TPSA) is 161 Å². The number of amides is 2. The van der Waals surface area contributed by atoms with E-state index in [1.54, 1.807) is 37.3 Å². The highest BCUT2D eigenvalue weighted by Gasteiger charge is 2.24. The van der Waals surface area contributed by atoms with Crippen molar-refractivity contribution < 1.29 is 33.4 Å². The van der Waals surface area contributed by atoms with Crippen molar-refractivity contribution in [1.29, 1.82) is 0 Å². The molecule has 0 bridgehead atoms. The summed E-state index contributed by atoms with van der Waals surface area (Å²) in [6, 6.07) is 7.46. The Balaban J connectivity index is 0.000000250. The van der Waals surface area contributed by atoms with Crippen LogP contribution in [0.4, 0.5) is 4.39 Å². The van der Waals surface area contributed by atoms with E-state index in [1.807, 2.05) is 11.9 Å². The third kappa shape index (κ3) is 7.70. The summed E-state index contributed by atoms with van der Waals surface area (Å²) in [7, 11) is 8.01.